The molecule has 0 radical (unpaired) electrons. The van der Waals surface area contributed by atoms with Crippen LogP contribution in [0, 0.1) is 13.8 Å². The summed E-state index contributed by atoms with van der Waals surface area (Å²) in [6, 6.07) is 5.81. The van der Waals surface area contributed by atoms with E-state index in [1.807, 2.05) is 32.0 Å². The van der Waals surface area contributed by atoms with Crippen molar-refractivity contribution in [2.24, 2.45) is 5.10 Å². The number of nitrogens with zero attached hydrogens (tertiary/aromatic N) is 1. The zero-order valence-corrected chi connectivity index (χ0v) is 9.72. The Morgan fingerprint density at radius 2 is 2.00 bits per heavy atom. The van der Waals surface area contributed by atoms with Gasteiger partial charge >= 0.3 is 0 Å². The predicted octanol–water partition coefficient (Wildman–Crippen LogP) is 2.86. The highest BCUT2D eigenvalue weighted by Crippen LogP contribution is 2.14. The fraction of sp³-hybridized carbons (Fsp3) is 0.273. The maximum absolute atomic E-state index is 10.8. The van der Waals surface area contributed by atoms with Crippen LogP contribution in [0.15, 0.2) is 23.3 Å². The number of hydrogen-bond acceptors (Lipinski definition) is 3. The Kier molecular flexibility index (Phi) is 3.86. The van der Waals surface area contributed by atoms with Crippen LogP contribution in [0.1, 0.15) is 18.1 Å². The van der Waals surface area contributed by atoms with Crippen LogP contribution < -0.4 is 5.43 Å². The van der Waals surface area contributed by atoms with E-state index in [2.05, 4.69) is 10.5 Å². The number of anilines is 1. The van der Waals surface area contributed by atoms with Gasteiger partial charge in [-0.05, 0) is 37.1 Å². The largest absolute Gasteiger partial charge is 0.292 e. The van der Waals surface area contributed by atoms with Crippen molar-refractivity contribution >= 4 is 28.2 Å². The number of Topliss-reactive ketones (excluding diaryl/α,β-unsaturated/α-hetero) is 1. The molecule has 0 aromatic heterocycles. The van der Waals surface area contributed by atoms with Crippen LogP contribution in [0.3, 0.4) is 0 Å². The number of carbonyl (C=O) groups is 1. The number of aryl methyl sites for hydroxylation is 2. The van der Waals surface area contributed by atoms with Crippen LogP contribution in [0.25, 0.3) is 0 Å². The van der Waals surface area contributed by atoms with Gasteiger partial charge in [-0.25, -0.2) is 0 Å². The fourth-order valence-electron chi connectivity index (χ4n) is 1.00. The smallest absolute Gasteiger partial charge is 0.191 e. The Balaban J connectivity index is 2.78. The lowest BCUT2D eigenvalue weighted by molar-refractivity contribution is -0.110. The van der Waals surface area contributed by atoms with Gasteiger partial charge in [-0.2, -0.15) is 5.10 Å². The van der Waals surface area contributed by atoms with E-state index >= 15 is 0 Å². The molecule has 0 saturated heterocycles. The summed E-state index contributed by atoms with van der Waals surface area (Å²) in [6.07, 6.45) is 0. The highest BCUT2D eigenvalue weighted by Gasteiger charge is 2.00. The molecule has 1 aromatic rings. The van der Waals surface area contributed by atoms with E-state index in [9.17, 15) is 4.79 Å². The SMILES string of the molecule is CC(=O)C(Cl)=NNc1ccc(C)c(C)c1. The van der Waals surface area contributed by atoms with Crippen LogP contribution in [0.2, 0.25) is 0 Å². The molecule has 0 aliphatic rings. The van der Waals surface area contributed by atoms with E-state index in [-0.39, 0.29) is 11.0 Å². The van der Waals surface area contributed by atoms with Gasteiger partial charge in [0.25, 0.3) is 0 Å². The summed E-state index contributed by atoms with van der Waals surface area (Å²) in [5, 5.41) is 3.70. The Bertz CT molecular complexity index is 413. The van der Waals surface area contributed by atoms with E-state index in [0.29, 0.717) is 0 Å². The summed E-state index contributed by atoms with van der Waals surface area (Å²) >= 11 is 5.57. The number of carbonyl (C=O) groups excluding carboxylic acids is 1. The second kappa shape index (κ2) is 4.94. The van der Waals surface area contributed by atoms with E-state index in [4.69, 9.17) is 11.6 Å². The van der Waals surface area contributed by atoms with Crippen LogP contribution in [-0.2, 0) is 4.79 Å². The van der Waals surface area contributed by atoms with Crippen LogP contribution >= 0.6 is 11.6 Å². The molecular weight excluding hydrogens is 212 g/mol. The zero-order chi connectivity index (χ0) is 11.4. The molecule has 80 valence electrons. The normalized spacial score (nSPS) is 11.3. The van der Waals surface area contributed by atoms with Gasteiger partial charge in [0.2, 0.25) is 0 Å². The number of halogens is 1. The topological polar surface area (TPSA) is 41.5 Å². The summed E-state index contributed by atoms with van der Waals surface area (Å²) in [7, 11) is 0. The molecule has 0 heterocycles. The van der Waals surface area contributed by atoms with Crippen molar-refractivity contribution in [2.75, 3.05) is 5.43 Å². The van der Waals surface area contributed by atoms with Crippen molar-refractivity contribution in [2.45, 2.75) is 20.8 Å². The maximum atomic E-state index is 10.8. The first-order chi connectivity index (χ1) is 7.00. The van der Waals surface area contributed by atoms with E-state index in [0.717, 1.165) is 11.3 Å². The first-order valence-electron chi connectivity index (χ1n) is 4.58. The molecule has 3 nitrogen and oxygen atoms in total. The van der Waals surface area contributed by atoms with E-state index in [1.165, 1.54) is 12.5 Å². The Labute approximate surface area is 94.1 Å². The average Bonchev–Trinajstić information content (AvgIpc) is 2.19. The Morgan fingerprint density at radius 3 is 2.53 bits per heavy atom. The molecule has 0 aliphatic heterocycles. The standard InChI is InChI=1S/C11H13ClN2O/c1-7-4-5-10(6-8(7)2)13-14-11(12)9(3)15/h4-6,13H,1-3H3. The number of hydrogen-bond donors (Lipinski definition) is 1. The minimum Gasteiger partial charge on any atom is -0.292 e. The van der Waals surface area contributed by atoms with Gasteiger partial charge in [0, 0.05) is 6.92 Å². The van der Waals surface area contributed by atoms with Crippen LogP contribution in [0.5, 0.6) is 0 Å². The molecule has 0 bridgehead atoms. The molecule has 0 atom stereocenters. The number of benzene rings is 1. The fourth-order valence-corrected chi connectivity index (χ4v) is 1.05. The molecule has 0 amide bonds. The molecular formula is C11H13ClN2O. The third-order valence-electron chi connectivity index (χ3n) is 2.08. The predicted molar refractivity (Wildman–Crippen MR) is 63.5 cm³/mol. The van der Waals surface area contributed by atoms with Crippen molar-refractivity contribution in [1.29, 1.82) is 0 Å². The number of rotatable bonds is 3. The maximum Gasteiger partial charge on any atom is 0.191 e. The van der Waals surface area contributed by atoms with E-state index < -0.39 is 0 Å². The number of nitrogens with one attached hydrogen (secondary N) is 1. The Hall–Kier alpha value is -1.35. The number of hydrazone groups is 1. The first kappa shape index (κ1) is 11.7. The van der Waals surface area contributed by atoms with Gasteiger partial charge in [-0.15, -0.1) is 0 Å². The monoisotopic (exact) mass is 224 g/mol. The van der Waals surface area contributed by atoms with Crippen LogP contribution in [-0.4, -0.2) is 11.0 Å². The lowest BCUT2D eigenvalue weighted by atomic mass is 10.1. The van der Waals surface area contributed by atoms with Gasteiger partial charge in [0.15, 0.2) is 11.0 Å². The first-order valence-corrected chi connectivity index (χ1v) is 4.96. The number of ketones is 1. The molecule has 0 saturated carbocycles. The summed E-state index contributed by atoms with van der Waals surface area (Å²) in [5.41, 5.74) is 5.92. The quantitative estimate of drug-likeness (QED) is 0.634. The molecule has 0 unspecified atom stereocenters. The second-order valence-electron chi connectivity index (χ2n) is 3.37. The lowest BCUT2D eigenvalue weighted by Gasteiger charge is -2.04. The molecule has 15 heavy (non-hydrogen) atoms. The molecule has 4 heteroatoms. The average molecular weight is 225 g/mol. The Morgan fingerprint density at radius 1 is 1.33 bits per heavy atom. The minimum atomic E-state index is -0.256. The van der Waals surface area contributed by atoms with Crippen molar-refractivity contribution in [3.05, 3.63) is 29.3 Å². The third-order valence-corrected chi connectivity index (χ3v) is 2.43. The van der Waals surface area contributed by atoms with Crippen molar-refractivity contribution in [3.8, 4) is 0 Å². The van der Waals surface area contributed by atoms with Gasteiger partial charge in [0.05, 0.1) is 5.69 Å². The zero-order valence-electron chi connectivity index (χ0n) is 8.97. The highest BCUT2D eigenvalue weighted by molar-refractivity contribution is 6.82. The van der Waals surface area contributed by atoms with Gasteiger partial charge in [-0.3, -0.25) is 10.2 Å². The molecule has 1 rings (SSSR count). The van der Waals surface area contributed by atoms with Crippen molar-refractivity contribution in [1.82, 2.24) is 0 Å². The molecule has 1 N–H and O–H groups in total. The molecule has 0 aliphatic carbocycles. The van der Waals surface area contributed by atoms with E-state index in [1.54, 1.807) is 0 Å². The van der Waals surface area contributed by atoms with Crippen molar-refractivity contribution < 1.29 is 4.79 Å². The highest BCUT2D eigenvalue weighted by atomic mass is 35.5. The third kappa shape index (κ3) is 3.36. The van der Waals surface area contributed by atoms with Gasteiger partial charge in [0.1, 0.15) is 0 Å². The van der Waals surface area contributed by atoms with Gasteiger partial charge in [-0.1, -0.05) is 17.7 Å². The lowest BCUT2D eigenvalue weighted by Crippen LogP contribution is -2.04. The van der Waals surface area contributed by atoms with Crippen LogP contribution in [0.4, 0.5) is 5.69 Å². The van der Waals surface area contributed by atoms with Gasteiger partial charge < -0.3 is 0 Å². The van der Waals surface area contributed by atoms with Crippen molar-refractivity contribution in [3.63, 3.8) is 0 Å². The molecule has 0 fully saturated rings. The molecule has 0 spiro atoms. The summed E-state index contributed by atoms with van der Waals surface area (Å²) in [4.78, 5) is 10.8. The second-order valence-corrected chi connectivity index (χ2v) is 3.73. The molecule has 1 aromatic carbocycles. The summed E-state index contributed by atoms with van der Waals surface area (Å²) in [5.74, 6) is -0.256. The summed E-state index contributed by atoms with van der Waals surface area (Å²) in [6.45, 7) is 5.41. The summed E-state index contributed by atoms with van der Waals surface area (Å²) < 4.78 is 0. The minimum absolute atomic E-state index is 0.0479.